The van der Waals surface area contributed by atoms with E-state index < -0.39 is 0 Å². The normalized spacial score (nSPS) is 10.5. The third-order valence-corrected chi connectivity index (χ3v) is 2.51. The third-order valence-electron chi connectivity index (χ3n) is 2.51. The first kappa shape index (κ1) is 15.1. The smallest absolute Gasteiger partial charge is 0.218 e. The maximum absolute atomic E-state index is 5.53. The number of hydrogen-bond acceptors (Lipinski definition) is 6. The predicted molar refractivity (Wildman–Crippen MR) is 82.1 cm³/mol. The molecule has 0 aliphatic rings. The van der Waals surface area contributed by atoms with E-state index in [0.29, 0.717) is 24.8 Å². The summed E-state index contributed by atoms with van der Waals surface area (Å²) in [5.74, 6) is 2.01. The molecule has 6 nitrogen and oxygen atoms in total. The van der Waals surface area contributed by atoms with Gasteiger partial charge < -0.3 is 20.5 Å². The quantitative estimate of drug-likeness (QED) is 0.813. The van der Waals surface area contributed by atoms with E-state index in [1.54, 1.807) is 6.07 Å². The standard InChI is InChI=1S/C15H20N4O2/c1-11(2)21-15-9-14(17-10-18-15)19-12-3-5-13(6-4-12)20-8-7-16/h3-6,9-11H,7-8,16H2,1-2H3,(H,17,18,19). The van der Waals surface area contributed by atoms with Gasteiger partial charge in [0.15, 0.2) is 0 Å². The van der Waals surface area contributed by atoms with Crippen LogP contribution in [0.1, 0.15) is 13.8 Å². The second-order valence-electron chi connectivity index (χ2n) is 4.69. The third kappa shape index (κ3) is 4.92. The van der Waals surface area contributed by atoms with Gasteiger partial charge in [-0.05, 0) is 38.1 Å². The van der Waals surface area contributed by atoms with Gasteiger partial charge in [0.1, 0.15) is 24.5 Å². The Morgan fingerprint density at radius 3 is 2.62 bits per heavy atom. The van der Waals surface area contributed by atoms with E-state index in [1.807, 2.05) is 38.1 Å². The molecule has 2 rings (SSSR count). The molecule has 0 bridgehead atoms. The first-order valence-electron chi connectivity index (χ1n) is 6.86. The number of rotatable bonds is 7. The van der Waals surface area contributed by atoms with Gasteiger partial charge in [0, 0.05) is 18.3 Å². The van der Waals surface area contributed by atoms with Gasteiger partial charge in [-0.3, -0.25) is 0 Å². The summed E-state index contributed by atoms with van der Waals surface area (Å²) in [6.07, 6.45) is 1.55. The summed E-state index contributed by atoms with van der Waals surface area (Å²) in [6, 6.07) is 9.35. The number of ether oxygens (including phenoxy) is 2. The first-order valence-corrected chi connectivity index (χ1v) is 6.86. The molecule has 3 N–H and O–H groups in total. The number of hydrogen-bond donors (Lipinski definition) is 2. The average molecular weight is 288 g/mol. The molecule has 0 saturated carbocycles. The van der Waals surface area contributed by atoms with Crippen LogP contribution in [0.2, 0.25) is 0 Å². The Balaban J connectivity index is 2.00. The maximum atomic E-state index is 5.53. The largest absolute Gasteiger partial charge is 0.492 e. The molecule has 0 saturated heterocycles. The molecule has 6 heteroatoms. The van der Waals surface area contributed by atoms with Crippen molar-refractivity contribution in [3.05, 3.63) is 36.7 Å². The SMILES string of the molecule is CC(C)Oc1cc(Nc2ccc(OCCN)cc2)ncn1. The van der Waals surface area contributed by atoms with Crippen molar-refractivity contribution < 1.29 is 9.47 Å². The topological polar surface area (TPSA) is 82.3 Å². The van der Waals surface area contributed by atoms with Crippen LogP contribution in [0.15, 0.2) is 36.7 Å². The van der Waals surface area contributed by atoms with E-state index in [-0.39, 0.29) is 6.10 Å². The summed E-state index contributed by atoms with van der Waals surface area (Å²) in [7, 11) is 0. The number of anilines is 2. The zero-order chi connectivity index (χ0) is 15.1. The van der Waals surface area contributed by atoms with Gasteiger partial charge in [-0.2, -0.15) is 0 Å². The molecule has 0 spiro atoms. The molecule has 0 amide bonds. The minimum absolute atomic E-state index is 0.0757. The molecule has 1 aromatic carbocycles. The van der Waals surface area contributed by atoms with Crippen molar-refractivity contribution in [2.24, 2.45) is 5.73 Å². The zero-order valence-electron chi connectivity index (χ0n) is 12.2. The Kier molecular flexibility index (Phi) is 5.34. The summed E-state index contributed by atoms with van der Waals surface area (Å²) in [5, 5.41) is 3.19. The van der Waals surface area contributed by atoms with Crippen LogP contribution < -0.4 is 20.5 Å². The molecule has 1 aromatic heterocycles. The number of aromatic nitrogens is 2. The molecule has 21 heavy (non-hydrogen) atoms. The van der Waals surface area contributed by atoms with Gasteiger partial charge in [-0.15, -0.1) is 0 Å². The van der Waals surface area contributed by atoms with E-state index in [1.165, 1.54) is 6.33 Å². The lowest BCUT2D eigenvalue weighted by atomic mass is 10.3. The summed E-state index contributed by atoms with van der Waals surface area (Å²) >= 11 is 0. The van der Waals surface area contributed by atoms with Crippen LogP contribution >= 0.6 is 0 Å². The van der Waals surface area contributed by atoms with E-state index in [4.69, 9.17) is 15.2 Å². The van der Waals surface area contributed by atoms with Crippen molar-refractivity contribution in [1.82, 2.24) is 9.97 Å². The lowest BCUT2D eigenvalue weighted by Crippen LogP contribution is -2.10. The molecule has 1 heterocycles. The molecule has 0 radical (unpaired) electrons. The van der Waals surface area contributed by atoms with Crippen molar-refractivity contribution in [3.63, 3.8) is 0 Å². The molecule has 0 aliphatic carbocycles. The highest BCUT2D eigenvalue weighted by Gasteiger charge is 2.03. The molecule has 0 atom stereocenters. The minimum atomic E-state index is 0.0757. The number of nitrogens with one attached hydrogen (secondary N) is 1. The lowest BCUT2D eigenvalue weighted by molar-refractivity contribution is 0.232. The van der Waals surface area contributed by atoms with Gasteiger partial charge >= 0.3 is 0 Å². The number of nitrogens with two attached hydrogens (primary N) is 1. The summed E-state index contributed by atoms with van der Waals surface area (Å²) < 4.78 is 11.0. The van der Waals surface area contributed by atoms with Crippen LogP contribution in [-0.4, -0.2) is 29.2 Å². The second-order valence-corrected chi connectivity index (χ2v) is 4.69. The first-order chi connectivity index (χ1) is 10.2. The van der Waals surface area contributed by atoms with E-state index >= 15 is 0 Å². The summed E-state index contributed by atoms with van der Waals surface area (Å²) in [4.78, 5) is 8.23. The Labute approximate surface area is 124 Å². The van der Waals surface area contributed by atoms with Crippen LogP contribution in [0, 0.1) is 0 Å². The highest BCUT2D eigenvalue weighted by molar-refractivity contribution is 5.57. The highest BCUT2D eigenvalue weighted by atomic mass is 16.5. The van der Waals surface area contributed by atoms with E-state index in [2.05, 4.69) is 15.3 Å². The summed E-state index contributed by atoms with van der Waals surface area (Å²) in [5.41, 5.74) is 6.30. The van der Waals surface area contributed by atoms with Crippen molar-refractivity contribution in [2.75, 3.05) is 18.5 Å². The van der Waals surface area contributed by atoms with Crippen molar-refractivity contribution in [1.29, 1.82) is 0 Å². The van der Waals surface area contributed by atoms with Gasteiger partial charge in [0.25, 0.3) is 0 Å². The Hall–Kier alpha value is -2.34. The van der Waals surface area contributed by atoms with Crippen LogP contribution in [-0.2, 0) is 0 Å². The van der Waals surface area contributed by atoms with E-state index in [9.17, 15) is 0 Å². The Morgan fingerprint density at radius 2 is 1.95 bits per heavy atom. The Morgan fingerprint density at radius 1 is 1.19 bits per heavy atom. The van der Waals surface area contributed by atoms with Crippen LogP contribution in [0.3, 0.4) is 0 Å². The zero-order valence-corrected chi connectivity index (χ0v) is 12.2. The van der Waals surface area contributed by atoms with Crippen molar-refractivity contribution in [3.8, 4) is 11.6 Å². The van der Waals surface area contributed by atoms with Crippen LogP contribution in [0.25, 0.3) is 0 Å². The van der Waals surface area contributed by atoms with Gasteiger partial charge in [0.05, 0.1) is 6.10 Å². The second kappa shape index (κ2) is 7.44. The average Bonchev–Trinajstić information content (AvgIpc) is 2.46. The fraction of sp³-hybridized carbons (Fsp3) is 0.333. The fourth-order valence-electron chi connectivity index (χ4n) is 1.67. The van der Waals surface area contributed by atoms with Gasteiger partial charge in [-0.1, -0.05) is 0 Å². The molecular formula is C15H20N4O2. The Bertz CT molecular complexity index is 558. The highest BCUT2D eigenvalue weighted by Crippen LogP contribution is 2.20. The molecule has 2 aromatic rings. The fourth-order valence-corrected chi connectivity index (χ4v) is 1.67. The van der Waals surface area contributed by atoms with Crippen LogP contribution in [0.4, 0.5) is 11.5 Å². The van der Waals surface area contributed by atoms with Crippen molar-refractivity contribution >= 4 is 11.5 Å². The summed E-state index contributed by atoms with van der Waals surface area (Å²) in [6.45, 7) is 4.92. The molecule has 0 fully saturated rings. The molecule has 0 aliphatic heterocycles. The van der Waals surface area contributed by atoms with E-state index in [0.717, 1.165) is 11.4 Å². The maximum Gasteiger partial charge on any atom is 0.218 e. The lowest BCUT2D eigenvalue weighted by Gasteiger charge is -2.10. The number of benzene rings is 1. The van der Waals surface area contributed by atoms with Gasteiger partial charge in [0.2, 0.25) is 5.88 Å². The molecular weight excluding hydrogens is 268 g/mol. The predicted octanol–water partition coefficient (Wildman–Crippen LogP) is 2.34. The van der Waals surface area contributed by atoms with Crippen molar-refractivity contribution in [2.45, 2.75) is 20.0 Å². The van der Waals surface area contributed by atoms with Crippen LogP contribution in [0.5, 0.6) is 11.6 Å². The van der Waals surface area contributed by atoms with Gasteiger partial charge in [-0.25, -0.2) is 9.97 Å². The molecule has 112 valence electrons. The monoisotopic (exact) mass is 288 g/mol. The molecule has 0 unspecified atom stereocenters. The minimum Gasteiger partial charge on any atom is -0.492 e. The number of nitrogens with zero attached hydrogens (tertiary/aromatic N) is 2.